The number of non-ortho nitro benzene ring substituents is 1. The standard InChI is InChI=1S/C14H19N3O4S.ClH/c18-17(19)12-1-3-13(4-2-12)22(20,21)16-10-7-14(11-16)5-8-15-9-6-14;/h1-4,15H,5-11H2;1H. The second-order valence-electron chi connectivity index (χ2n) is 6.09. The Balaban J connectivity index is 0.00000192. The van der Waals surface area contributed by atoms with Gasteiger partial charge in [-0.15, -0.1) is 12.4 Å². The van der Waals surface area contributed by atoms with Gasteiger partial charge in [0.25, 0.3) is 5.69 Å². The first-order valence-electron chi connectivity index (χ1n) is 7.38. The molecule has 0 aromatic heterocycles. The normalized spacial score (nSPS) is 21.0. The Morgan fingerprint density at radius 2 is 1.74 bits per heavy atom. The summed E-state index contributed by atoms with van der Waals surface area (Å²) in [5.41, 5.74) is -0.00534. The van der Waals surface area contributed by atoms with Crippen LogP contribution in [0.3, 0.4) is 0 Å². The summed E-state index contributed by atoms with van der Waals surface area (Å²) in [7, 11) is -3.57. The zero-order valence-corrected chi connectivity index (χ0v) is 14.2. The Bertz CT molecular complexity index is 672. The maximum Gasteiger partial charge on any atom is 0.269 e. The van der Waals surface area contributed by atoms with Crippen LogP contribution in [0.1, 0.15) is 19.3 Å². The molecule has 2 fully saturated rings. The summed E-state index contributed by atoms with van der Waals surface area (Å²) >= 11 is 0. The SMILES string of the molecule is Cl.O=[N+]([O-])c1ccc(S(=O)(=O)N2CCC3(CCNCC3)C2)cc1. The highest BCUT2D eigenvalue weighted by molar-refractivity contribution is 7.89. The molecule has 3 rings (SSSR count). The van der Waals surface area contributed by atoms with Gasteiger partial charge >= 0.3 is 0 Å². The van der Waals surface area contributed by atoms with Crippen molar-refractivity contribution >= 4 is 28.1 Å². The van der Waals surface area contributed by atoms with Gasteiger partial charge in [0, 0.05) is 25.2 Å². The molecular formula is C14H20ClN3O4S. The molecule has 1 N–H and O–H groups in total. The van der Waals surface area contributed by atoms with Crippen molar-refractivity contribution in [2.45, 2.75) is 24.2 Å². The van der Waals surface area contributed by atoms with Crippen LogP contribution in [-0.4, -0.2) is 43.8 Å². The summed E-state index contributed by atoms with van der Waals surface area (Å²) in [6, 6.07) is 5.12. The highest BCUT2D eigenvalue weighted by Gasteiger charge is 2.43. The van der Waals surface area contributed by atoms with Gasteiger partial charge in [0.15, 0.2) is 0 Å². The summed E-state index contributed by atoms with van der Waals surface area (Å²) in [6.07, 6.45) is 2.89. The van der Waals surface area contributed by atoms with Crippen molar-refractivity contribution in [3.8, 4) is 0 Å². The molecule has 1 spiro atoms. The summed E-state index contributed by atoms with van der Waals surface area (Å²) in [6.45, 7) is 2.95. The lowest BCUT2D eigenvalue weighted by atomic mass is 9.78. The quantitative estimate of drug-likeness (QED) is 0.654. The summed E-state index contributed by atoms with van der Waals surface area (Å²) in [5, 5.41) is 14.0. The van der Waals surface area contributed by atoms with Crippen molar-refractivity contribution < 1.29 is 13.3 Å². The van der Waals surface area contributed by atoms with Crippen LogP contribution < -0.4 is 5.32 Å². The molecule has 23 heavy (non-hydrogen) atoms. The molecular weight excluding hydrogens is 342 g/mol. The van der Waals surface area contributed by atoms with Crippen LogP contribution in [0, 0.1) is 15.5 Å². The Morgan fingerprint density at radius 1 is 1.13 bits per heavy atom. The molecule has 0 bridgehead atoms. The van der Waals surface area contributed by atoms with Crippen molar-refractivity contribution in [2.24, 2.45) is 5.41 Å². The monoisotopic (exact) mass is 361 g/mol. The average molecular weight is 362 g/mol. The fourth-order valence-electron chi connectivity index (χ4n) is 3.35. The zero-order valence-electron chi connectivity index (χ0n) is 12.6. The summed E-state index contributed by atoms with van der Waals surface area (Å²) in [4.78, 5) is 10.3. The first-order chi connectivity index (χ1) is 10.4. The minimum absolute atomic E-state index is 0. The first kappa shape index (κ1) is 18.1. The number of sulfonamides is 1. The van der Waals surface area contributed by atoms with Crippen molar-refractivity contribution in [2.75, 3.05) is 26.2 Å². The molecule has 128 valence electrons. The van der Waals surface area contributed by atoms with E-state index < -0.39 is 14.9 Å². The molecule has 2 saturated heterocycles. The number of hydrogen-bond donors (Lipinski definition) is 1. The third-order valence-corrected chi connectivity index (χ3v) is 6.61. The average Bonchev–Trinajstić information content (AvgIpc) is 2.92. The topological polar surface area (TPSA) is 92.5 Å². The van der Waals surface area contributed by atoms with Gasteiger partial charge in [-0.3, -0.25) is 10.1 Å². The minimum atomic E-state index is -3.57. The highest BCUT2D eigenvalue weighted by atomic mass is 35.5. The molecule has 1 aromatic carbocycles. The van der Waals surface area contributed by atoms with Crippen molar-refractivity contribution in [3.63, 3.8) is 0 Å². The smallest absolute Gasteiger partial charge is 0.269 e. The van der Waals surface area contributed by atoms with Crippen molar-refractivity contribution in [1.82, 2.24) is 9.62 Å². The van der Waals surface area contributed by atoms with E-state index in [2.05, 4.69) is 5.32 Å². The van der Waals surface area contributed by atoms with Gasteiger partial charge < -0.3 is 5.32 Å². The van der Waals surface area contributed by atoms with Crippen molar-refractivity contribution in [3.05, 3.63) is 34.4 Å². The second kappa shape index (κ2) is 6.72. The first-order valence-corrected chi connectivity index (χ1v) is 8.82. The van der Waals surface area contributed by atoms with Crippen LogP contribution in [0.2, 0.25) is 0 Å². The predicted octanol–water partition coefficient (Wildman–Crippen LogP) is 1.78. The van der Waals surface area contributed by atoms with Gasteiger partial charge in [-0.2, -0.15) is 4.31 Å². The van der Waals surface area contributed by atoms with E-state index in [4.69, 9.17) is 0 Å². The number of nitro benzene ring substituents is 1. The van der Waals surface area contributed by atoms with Crippen LogP contribution >= 0.6 is 12.4 Å². The molecule has 1 aromatic rings. The second-order valence-corrected chi connectivity index (χ2v) is 8.03. The molecule has 0 saturated carbocycles. The number of piperidine rings is 1. The lowest BCUT2D eigenvalue weighted by molar-refractivity contribution is -0.384. The van der Waals surface area contributed by atoms with Gasteiger partial charge in [0.2, 0.25) is 10.0 Å². The molecule has 9 heteroatoms. The van der Waals surface area contributed by atoms with E-state index in [1.54, 1.807) is 0 Å². The maximum absolute atomic E-state index is 12.7. The molecule has 0 aliphatic carbocycles. The molecule has 2 aliphatic heterocycles. The van der Waals surface area contributed by atoms with E-state index in [9.17, 15) is 18.5 Å². The van der Waals surface area contributed by atoms with E-state index in [1.165, 1.54) is 28.6 Å². The summed E-state index contributed by atoms with van der Waals surface area (Å²) < 4.78 is 26.9. The van der Waals surface area contributed by atoms with Gasteiger partial charge in [-0.05, 0) is 49.9 Å². The lowest BCUT2D eigenvalue weighted by Gasteiger charge is -2.33. The van der Waals surface area contributed by atoms with Crippen LogP contribution in [-0.2, 0) is 10.0 Å². The molecule has 7 nitrogen and oxygen atoms in total. The fraction of sp³-hybridized carbons (Fsp3) is 0.571. The molecule has 0 amide bonds. The zero-order chi connectivity index (χ0) is 15.8. The molecule has 2 aliphatic rings. The number of benzene rings is 1. The van der Waals surface area contributed by atoms with Gasteiger partial charge in [0.05, 0.1) is 9.82 Å². The van der Waals surface area contributed by atoms with Crippen molar-refractivity contribution in [1.29, 1.82) is 0 Å². The minimum Gasteiger partial charge on any atom is -0.317 e. The number of hydrogen-bond acceptors (Lipinski definition) is 5. The van der Waals surface area contributed by atoms with E-state index in [-0.39, 0.29) is 28.4 Å². The third-order valence-electron chi connectivity index (χ3n) is 4.75. The van der Waals surface area contributed by atoms with Crippen LogP contribution in [0.5, 0.6) is 0 Å². The van der Waals surface area contributed by atoms with Crippen LogP contribution in [0.15, 0.2) is 29.2 Å². The Hall–Kier alpha value is -1.22. The number of halogens is 1. The van der Waals surface area contributed by atoms with E-state index in [1.807, 2.05) is 0 Å². The number of nitrogens with zero attached hydrogens (tertiary/aromatic N) is 2. The Morgan fingerprint density at radius 3 is 2.30 bits per heavy atom. The maximum atomic E-state index is 12.7. The third kappa shape index (κ3) is 3.50. The number of rotatable bonds is 3. The molecule has 2 heterocycles. The number of nitro groups is 1. The van der Waals surface area contributed by atoms with E-state index in [0.717, 1.165) is 32.4 Å². The summed E-state index contributed by atoms with van der Waals surface area (Å²) in [5.74, 6) is 0. The predicted molar refractivity (Wildman–Crippen MR) is 88.3 cm³/mol. The number of nitrogens with one attached hydrogen (secondary N) is 1. The van der Waals surface area contributed by atoms with E-state index in [0.29, 0.717) is 13.1 Å². The van der Waals surface area contributed by atoms with Crippen LogP contribution in [0.4, 0.5) is 5.69 Å². The highest BCUT2D eigenvalue weighted by Crippen LogP contribution is 2.40. The fourth-order valence-corrected chi connectivity index (χ4v) is 4.91. The Kier molecular flexibility index (Phi) is 5.30. The lowest BCUT2D eigenvalue weighted by Crippen LogP contribution is -2.39. The molecule has 0 atom stereocenters. The Labute approximate surface area is 141 Å². The van der Waals surface area contributed by atoms with Gasteiger partial charge in [0.1, 0.15) is 0 Å². The van der Waals surface area contributed by atoms with Gasteiger partial charge in [-0.25, -0.2) is 8.42 Å². The molecule has 0 radical (unpaired) electrons. The van der Waals surface area contributed by atoms with Gasteiger partial charge in [-0.1, -0.05) is 0 Å². The van der Waals surface area contributed by atoms with E-state index >= 15 is 0 Å². The molecule has 0 unspecified atom stereocenters. The largest absolute Gasteiger partial charge is 0.317 e. The van der Waals surface area contributed by atoms with Crippen LogP contribution in [0.25, 0.3) is 0 Å².